The van der Waals surface area contributed by atoms with Crippen molar-refractivity contribution >= 4 is 29.1 Å². The number of rotatable bonds is 9. The van der Waals surface area contributed by atoms with Crippen LogP contribution < -0.4 is 15.5 Å². The number of nitrogens with zero attached hydrogens (tertiary/aromatic N) is 1. The molecule has 0 aliphatic carbocycles. The lowest BCUT2D eigenvalue weighted by atomic mass is 9.93. The third-order valence-electron chi connectivity index (χ3n) is 6.93. The van der Waals surface area contributed by atoms with E-state index in [1.807, 2.05) is 6.07 Å². The molecule has 206 valence electrons. The van der Waals surface area contributed by atoms with Crippen molar-refractivity contribution in [3.8, 4) is 17.2 Å². The highest BCUT2D eigenvalue weighted by atomic mass is 35.5. The maximum Gasteiger partial charge on any atom is 0.252 e. The zero-order chi connectivity index (χ0) is 27.8. The molecule has 0 radical (unpaired) electrons. The summed E-state index contributed by atoms with van der Waals surface area (Å²) in [5.74, 6) is 0.448. The number of ether oxygens (including phenoxy) is 1. The SMILES string of the molecule is Cc1cc(NC(=O)CC(=O)NO)cc(Cl)c1Oc1ccc(O)c(CN2CCCC(Cc3ccccc3)CC2)c1. The van der Waals surface area contributed by atoms with Crippen LogP contribution in [0.5, 0.6) is 17.2 Å². The van der Waals surface area contributed by atoms with E-state index in [1.54, 1.807) is 25.1 Å². The van der Waals surface area contributed by atoms with Gasteiger partial charge in [0.25, 0.3) is 5.91 Å². The summed E-state index contributed by atoms with van der Waals surface area (Å²) in [5, 5.41) is 22.0. The summed E-state index contributed by atoms with van der Waals surface area (Å²) in [6, 6.07) is 19.0. The molecule has 4 rings (SSSR count). The van der Waals surface area contributed by atoms with E-state index >= 15 is 0 Å². The van der Waals surface area contributed by atoms with Gasteiger partial charge < -0.3 is 15.2 Å². The van der Waals surface area contributed by atoms with Gasteiger partial charge in [-0.15, -0.1) is 0 Å². The lowest BCUT2D eigenvalue weighted by Gasteiger charge is -2.21. The topological polar surface area (TPSA) is 111 Å². The Morgan fingerprint density at radius 1 is 1.05 bits per heavy atom. The van der Waals surface area contributed by atoms with Crippen molar-refractivity contribution in [1.29, 1.82) is 0 Å². The van der Waals surface area contributed by atoms with Gasteiger partial charge in [0.2, 0.25) is 5.91 Å². The van der Waals surface area contributed by atoms with Gasteiger partial charge in [0.1, 0.15) is 23.7 Å². The minimum atomic E-state index is -0.814. The fourth-order valence-corrected chi connectivity index (χ4v) is 5.27. The summed E-state index contributed by atoms with van der Waals surface area (Å²) in [5.41, 5.74) is 4.67. The van der Waals surface area contributed by atoms with Crippen molar-refractivity contribution in [2.45, 2.75) is 45.6 Å². The predicted molar refractivity (Wildman–Crippen MR) is 150 cm³/mol. The first-order valence-electron chi connectivity index (χ1n) is 13.1. The number of anilines is 1. The smallest absolute Gasteiger partial charge is 0.252 e. The van der Waals surface area contributed by atoms with Crippen LogP contribution in [0.1, 0.15) is 42.4 Å². The number of carbonyl (C=O) groups is 2. The van der Waals surface area contributed by atoms with Gasteiger partial charge >= 0.3 is 0 Å². The molecular weight excluding hydrogens is 518 g/mol. The Hall–Kier alpha value is -3.59. The van der Waals surface area contributed by atoms with Gasteiger partial charge in [0.05, 0.1) is 5.02 Å². The maximum atomic E-state index is 11.9. The third-order valence-corrected chi connectivity index (χ3v) is 7.21. The molecule has 1 saturated heterocycles. The highest BCUT2D eigenvalue weighted by molar-refractivity contribution is 6.32. The van der Waals surface area contributed by atoms with Gasteiger partial charge in [-0.2, -0.15) is 0 Å². The molecule has 4 N–H and O–H groups in total. The molecule has 1 atom stereocenters. The van der Waals surface area contributed by atoms with Crippen LogP contribution in [0.25, 0.3) is 0 Å². The monoisotopic (exact) mass is 551 g/mol. The zero-order valence-corrected chi connectivity index (χ0v) is 22.7. The number of benzene rings is 3. The molecule has 1 heterocycles. The molecular formula is C30H34ClN3O5. The van der Waals surface area contributed by atoms with Crippen molar-refractivity contribution < 1.29 is 24.6 Å². The Morgan fingerprint density at radius 3 is 2.59 bits per heavy atom. The van der Waals surface area contributed by atoms with E-state index in [-0.39, 0.29) is 10.8 Å². The number of carbonyl (C=O) groups excluding carboxylic acids is 2. The van der Waals surface area contributed by atoms with E-state index < -0.39 is 18.2 Å². The van der Waals surface area contributed by atoms with Gasteiger partial charge in [-0.05, 0) is 93.1 Å². The summed E-state index contributed by atoms with van der Waals surface area (Å²) < 4.78 is 6.10. The molecule has 0 bridgehead atoms. The molecule has 1 unspecified atom stereocenters. The van der Waals surface area contributed by atoms with E-state index in [0.29, 0.717) is 35.2 Å². The molecule has 3 aromatic rings. The van der Waals surface area contributed by atoms with E-state index in [2.05, 4.69) is 40.5 Å². The lowest BCUT2D eigenvalue weighted by molar-refractivity contribution is -0.132. The number of phenolic OH excluding ortho intramolecular Hbond substituents is 1. The third kappa shape index (κ3) is 8.20. The van der Waals surface area contributed by atoms with Gasteiger partial charge in [-0.3, -0.25) is 19.7 Å². The van der Waals surface area contributed by atoms with Crippen molar-refractivity contribution in [3.05, 3.63) is 82.4 Å². The second kappa shape index (κ2) is 13.5. The molecule has 1 fully saturated rings. The summed E-state index contributed by atoms with van der Waals surface area (Å²) in [7, 11) is 0. The van der Waals surface area contributed by atoms with E-state index in [0.717, 1.165) is 37.9 Å². The second-order valence-electron chi connectivity index (χ2n) is 10.0. The van der Waals surface area contributed by atoms with Gasteiger partial charge in [-0.1, -0.05) is 41.9 Å². The maximum absolute atomic E-state index is 11.9. The molecule has 8 nitrogen and oxygen atoms in total. The highest BCUT2D eigenvalue weighted by Gasteiger charge is 2.19. The first kappa shape index (κ1) is 28.4. The van der Waals surface area contributed by atoms with Gasteiger partial charge in [0, 0.05) is 17.8 Å². The first-order chi connectivity index (χ1) is 18.8. The van der Waals surface area contributed by atoms with E-state index in [9.17, 15) is 14.7 Å². The summed E-state index contributed by atoms with van der Waals surface area (Å²) in [4.78, 5) is 25.5. The molecule has 9 heteroatoms. The number of aryl methyl sites for hydroxylation is 1. The van der Waals surface area contributed by atoms with E-state index in [4.69, 9.17) is 21.5 Å². The Labute approximate surface area is 233 Å². The molecule has 39 heavy (non-hydrogen) atoms. The molecule has 0 aromatic heterocycles. The van der Waals surface area contributed by atoms with Crippen LogP contribution in [-0.2, 0) is 22.6 Å². The normalized spacial score (nSPS) is 15.8. The van der Waals surface area contributed by atoms with Crippen molar-refractivity contribution in [1.82, 2.24) is 10.4 Å². The summed E-state index contributed by atoms with van der Waals surface area (Å²) in [6.45, 7) is 4.37. The zero-order valence-electron chi connectivity index (χ0n) is 22.0. The van der Waals surface area contributed by atoms with Crippen molar-refractivity contribution in [3.63, 3.8) is 0 Å². The number of phenols is 1. The number of halogens is 1. The minimum Gasteiger partial charge on any atom is -0.508 e. The van der Waals surface area contributed by atoms with Crippen LogP contribution in [0.3, 0.4) is 0 Å². The Kier molecular flexibility index (Phi) is 9.81. The molecule has 3 aromatic carbocycles. The van der Waals surface area contributed by atoms with Gasteiger partial charge in [-0.25, -0.2) is 5.48 Å². The lowest BCUT2D eigenvalue weighted by Crippen LogP contribution is -2.25. The second-order valence-corrected chi connectivity index (χ2v) is 10.4. The number of hydroxylamine groups is 1. The number of likely N-dealkylation sites (tertiary alicyclic amines) is 1. The first-order valence-corrected chi connectivity index (χ1v) is 13.5. The molecule has 1 aliphatic rings. The number of aromatic hydroxyl groups is 1. The largest absolute Gasteiger partial charge is 0.508 e. The van der Waals surface area contributed by atoms with Crippen LogP contribution in [0.2, 0.25) is 5.02 Å². The quantitative estimate of drug-likeness (QED) is 0.151. The highest BCUT2D eigenvalue weighted by Crippen LogP contribution is 2.37. The van der Waals surface area contributed by atoms with Crippen LogP contribution in [0, 0.1) is 12.8 Å². The average Bonchev–Trinajstić information content (AvgIpc) is 3.13. The molecule has 0 spiro atoms. The Morgan fingerprint density at radius 2 is 1.85 bits per heavy atom. The average molecular weight is 552 g/mol. The molecule has 1 aliphatic heterocycles. The number of hydrogen-bond donors (Lipinski definition) is 4. The Bertz CT molecular complexity index is 1280. The minimum absolute atomic E-state index is 0.222. The van der Waals surface area contributed by atoms with Gasteiger partial charge in [0.15, 0.2) is 0 Å². The van der Waals surface area contributed by atoms with Crippen LogP contribution in [-0.4, -0.2) is 40.1 Å². The number of amides is 2. The van der Waals surface area contributed by atoms with Crippen molar-refractivity contribution in [2.75, 3.05) is 18.4 Å². The standard InChI is InChI=1S/C30H34ClN3O5/c1-20-14-24(32-28(36)18-29(37)33-38)17-26(31)30(20)39-25-9-10-27(35)23(16-25)19-34-12-5-8-22(11-13-34)15-21-6-3-2-4-7-21/h2-4,6-7,9-10,14,16-17,22,35,38H,5,8,11-13,15,18-19H2,1H3,(H,32,36)(H,33,37). The number of hydrogen-bond acceptors (Lipinski definition) is 6. The Balaban J connectivity index is 1.39. The molecule has 0 saturated carbocycles. The number of nitrogens with one attached hydrogen (secondary N) is 2. The summed E-state index contributed by atoms with van der Waals surface area (Å²) >= 11 is 6.46. The van der Waals surface area contributed by atoms with Crippen LogP contribution in [0.15, 0.2) is 60.7 Å². The van der Waals surface area contributed by atoms with Crippen LogP contribution >= 0.6 is 11.6 Å². The molecule has 2 amide bonds. The predicted octanol–water partition coefficient (Wildman–Crippen LogP) is 5.83. The fraction of sp³-hybridized carbons (Fsp3) is 0.333. The van der Waals surface area contributed by atoms with Crippen molar-refractivity contribution in [2.24, 2.45) is 5.92 Å². The fourth-order valence-electron chi connectivity index (χ4n) is 4.97. The van der Waals surface area contributed by atoms with Crippen LogP contribution in [0.4, 0.5) is 5.69 Å². The van der Waals surface area contributed by atoms with E-state index in [1.165, 1.54) is 23.5 Å². The summed E-state index contributed by atoms with van der Waals surface area (Å²) in [6.07, 6.45) is 4.02.